The summed E-state index contributed by atoms with van der Waals surface area (Å²) in [4.78, 5) is 14.8. The maximum Gasteiger partial charge on any atom is 0.241 e. The molecule has 0 bridgehead atoms. The first-order valence-electron chi connectivity index (χ1n) is 5.43. The lowest BCUT2D eigenvalue weighted by Crippen LogP contribution is -2.35. The fourth-order valence-corrected chi connectivity index (χ4v) is 1.60. The first kappa shape index (κ1) is 10.6. The van der Waals surface area contributed by atoms with Crippen LogP contribution in [-0.2, 0) is 13.0 Å². The van der Waals surface area contributed by atoms with Gasteiger partial charge in [0.25, 0.3) is 0 Å². The van der Waals surface area contributed by atoms with Crippen LogP contribution in [0, 0.1) is 0 Å². The normalized spacial score (nSPS) is 10.3. The molecule has 3 heteroatoms. The molecule has 3 nitrogen and oxygen atoms in total. The minimum absolute atomic E-state index is 0.132. The molecule has 1 aromatic heterocycles. The monoisotopic (exact) mass is 215 g/mol. The van der Waals surface area contributed by atoms with E-state index in [4.69, 9.17) is 0 Å². The van der Waals surface area contributed by atoms with E-state index in [0.717, 1.165) is 12.0 Å². The molecular formula is C13H15N2O+. The van der Waals surface area contributed by atoms with E-state index in [1.54, 1.807) is 12.5 Å². The molecule has 0 aliphatic carbocycles. The molecule has 1 aromatic carbocycles. The lowest BCUT2D eigenvalue weighted by atomic mass is 10.1. The number of ketones is 1. The van der Waals surface area contributed by atoms with Crippen LogP contribution in [0.3, 0.4) is 0 Å². The van der Waals surface area contributed by atoms with Gasteiger partial charge in [-0.05, 0) is 12.0 Å². The summed E-state index contributed by atoms with van der Waals surface area (Å²) in [5.74, 6) is 0.132. The van der Waals surface area contributed by atoms with Crippen LogP contribution in [0.1, 0.15) is 22.8 Å². The van der Waals surface area contributed by atoms with E-state index in [1.165, 1.54) is 5.56 Å². The number of nitrogens with one attached hydrogen (secondary N) is 1. The third-order valence-electron chi connectivity index (χ3n) is 2.61. The van der Waals surface area contributed by atoms with Gasteiger partial charge in [0.1, 0.15) is 12.4 Å². The van der Waals surface area contributed by atoms with E-state index in [0.29, 0.717) is 6.54 Å². The van der Waals surface area contributed by atoms with Crippen molar-refractivity contribution in [3.05, 3.63) is 54.1 Å². The minimum Gasteiger partial charge on any atom is -0.290 e. The number of carbonyl (C=O) groups excluding carboxylic acids is 1. The molecule has 2 rings (SSSR count). The van der Waals surface area contributed by atoms with E-state index in [1.807, 2.05) is 35.0 Å². The summed E-state index contributed by atoms with van der Waals surface area (Å²) < 4.78 is 1.83. The first-order valence-corrected chi connectivity index (χ1v) is 5.43. The molecule has 2 aromatic rings. The maximum atomic E-state index is 11.9. The number of hydrogen-bond donors (Lipinski definition) is 1. The Labute approximate surface area is 94.7 Å². The van der Waals surface area contributed by atoms with Gasteiger partial charge in [-0.3, -0.25) is 9.78 Å². The molecule has 1 N–H and O–H groups in total. The number of nitrogens with zero attached hydrogens (tertiary/aromatic N) is 1. The lowest BCUT2D eigenvalue weighted by molar-refractivity contribution is -0.681. The van der Waals surface area contributed by atoms with Crippen LogP contribution >= 0.6 is 0 Å². The van der Waals surface area contributed by atoms with E-state index in [9.17, 15) is 4.79 Å². The second-order valence-electron chi connectivity index (χ2n) is 3.76. The predicted molar refractivity (Wildman–Crippen MR) is 61.1 cm³/mol. The van der Waals surface area contributed by atoms with Crippen LogP contribution in [0.15, 0.2) is 43.0 Å². The number of carbonyl (C=O) groups is 1. The number of imidazole rings is 1. The van der Waals surface area contributed by atoms with Crippen molar-refractivity contribution in [2.75, 3.05) is 0 Å². The van der Waals surface area contributed by atoms with Crippen LogP contribution in [-0.4, -0.2) is 10.8 Å². The summed E-state index contributed by atoms with van der Waals surface area (Å²) >= 11 is 0. The number of H-pyrrole nitrogens is 1. The fourth-order valence-electron chi connectivity index (χ4n) is 1.60. The highest BCUT2D eigenvalue weighted by Gasteiger charge is 2.09. The molecular weight excluding hydrogens is 200 g/mol. The Morgan fingerprint density at radius 3 is 2.62 bits per heavy atom. The molecule has 82 valence electrons. The Kier molecular flexibility index (Phi) is 3.15. The topological polar surface area (TPSA) is 36.7 Å². The van der Waals surface area contributed by atoms with Crippen molar-refractivity contribution >= 4 is 5.78 Å². The molecule has 16 heavy (non-hydrogen) atoms. The number of aromatic nitrogens is 2. The first-order chi connectivity index (χ1) is 7.79. The molecule has 0 spiro atoms. The molecule has 0 aliphatic heterocycles. The van der Waals surface area contributed by atoms with Gasteiger partial charge in [0.15, 0.2) is 6.54 Å². The average Bonchev–Trinajstić information content (AvgIpc) is 2.82. The molecule has 0 atom stereocenters. The number of aryl methyl sites for hydroxylation is 1. The molecule has 1 heterocycles. The SMILES string of the molecule is CCc1ccc(C(=O)C[n+]2cc[nH]c2)cc1. The summed E-state index contributed by atoms with van der Waals surface area (Å²) in [6.45, 7) is 2.49. The summed E-state index contributed by atoms with van der Waals surface area (Å²) in [5.41, 5.74) is 2.02. The highest BCUT2D eigenvalue weighted by atomic mass is 16.1. The van der Waals surface area contributed by atoms with Gasteiger partial charge in [-0.25, -0.2) is 4.57 Å². The summed E-state index contributed by atoms with van der Waals surface area (Å²) in [7, 11) is 0. The Morgan fingerprint density at radius 1 is 1.31 bits per heavy atom. The van der Waals surface area contributed by atoms with Gasteiger partial charge in [-0.15, -0.1) is 0 Å². The Balaban J connectivity index is 2.09. The van der Waals surface area contributed by atoms with E-state index in [2.05, 4.69) is 11.9 Å². The molecule has 0 radical (unpaired) electrons. The number of benzene rings is 1. The molecule has 0 aliphatic rings. The molecule has 0 amide bonds. The van der Waals surface area contributed by atoms with E-state index >= 15 is 0 Å². The van der Waals surface area contributed by atoms with Gasteiger partial charge in [0.2, 0.25) is 12.1 Å². The zero-order valence-electron chi connectivity index (χ0n) is 9.31. The Bertz CT molecular complexity index is 457. The quantitative estimate of drug-likeness (QED) is 0.612. The molecule has 0 saturated carbocycles. The number of Topliss-reactive ketones (excluding diaryl/α,β-unsaturated/α-hetero) is 1. The minimum atomic E-state index is 0.132. The summed E-state index contributed by atoms with van der Waals surface area (Å²) in [6.07, 6.45) is 6.42. The van der Waals surface area contributed by atoms with Crippen molar-refractivity contribution in [2.24, 2.45) is 0 Å². The van der Waals surface area contributed by atoms with Gasteiger partial charge in [0, 0.05) is 5.56 Å². The summed E-state index contributed by atoms with van der Waals surface area (Å²) in [5, 5.41) is 0. The van der Waals surface area contributed by atoms with Crippen LogP contribution in [0.4, 0.5) is 0 Å². The van der Waals surface area contributed by atoms with Crippen molar-refractivity contribution in [2.45, 2.75) is 19.9 Å². The van der Waals surface area contributed by atoms with Gasteiger partial charge < -0.3 is 0 Å². The summed E-state index contributed by atoms with van der Waals surface area (Å²) in [6, 6.07) is 7.81. The van der Waals surface area contributed by atoms with Gasteiger partial charge in [-0.2, -0.15) is 0 Å². The maximum absolute atomic E-state index is 11.9. The molecule has 0 fully saturated rings. The fraction of sp³-hybridized carbons (Fsp3) is 0.231. The second-order valence-corrected chi connectivity index (χ2v) is 3.76. The standard InChI is InChI=1S/C13H14N2O/c1-2-11-3-5-12(6-4-11)13(16)9-15-8-7-14-10-15/h3-8,10H,2,9H2,1H3/p+1. The van der Waals surface area contributed by atoms with Gasteiger partial charge >= 0.3 is 0 Å². The van der Waals surface area contributed by atoms with Gasteiger partial charge in [0.05, 0.1) is 0 Å². The number of rotatable bonds is 4. The largest absolute Gasteiger partial charge is 0.290 e. The molecule has 0 unspecified atom stereocenters. The van der Waals surface area contributed by atoms with Gasteiger partial charge in [-0.1, -0.05) is 31.2 Å². The van der Waals surface area contributed by atoms with E-state index < -0.39 is 0 Å². The van der Waals surface area contributed by atoms with Crippen LogP contribution in [0.2, 0.25) is 0 Å². The predicted octanol–water partition coefficient (Wildman–Crippen LogP) is 1.75. The van der Waals surface area contributed by atoms with Crippen molar-refractivity contribution in [3.8, 4) is 0 Å². The highest BCUT2D eigenvalue weighted by molar-refractivity contribution is 5.95. The van der Waals surface area contributed by atoms with Crippen molar-refractivity contribution in [3.63, 3.8) is 0 Å². The van der Waals surface area contributed by atoms with Crippen molar-refractivity contribution < 1.29 is 9.36 Å². The van der Waals surface area contributed by atoms with Crippen LogP contribution in [0.5, 0.6) is 0 Å². The molecule has 0 saturated heterocycles. The zero-order chi connectivity index (χ0) is 11.4. The highest BCUT2D eigenvalue weighted by Crippen LogP contribution is 2.05. The Hall–Kier alpha value is -1.90. The van der Waals surface area contributed by atoms with Crippen molar-refractivity contribution in [1.29, 1.82) is 0 Å². The Morgan fingerprint density at radius 2 is 2.06 bits per heavy atom. The number of hydrogen-bond acceptors (Lipinski definition) is 1. The number of aromatic amines is 1. The van der Waals surface area contributed by atoms with Crippen LogP contribution < -0.4 is 4.57 Å². The van der Waals surface area contributed by atoms with E-state index in [-0.39, 0.29) is 5.78 Å². The third kappa shape index (κ3) is 2.37. The smallest absolute Gasteiger partial charge is 0.241 e. The third-order valence-corrected chi connectivity index (χ3v) is 2.61. The van der Waals surface area contributed by atoms with Crippen molar-refractivity contribution in [1.82, 2.24) is 4.98 Å². The lowest BCUT2D eigenvalue weighted by Gasteiger charge is -2.00. The average molecular weight is 215 g/mol. The second kappa shape index (κ2) is 4.75. The zero-order valence-corrected chi connectivity index (χ0v) is 9.31. The van der Waals surface area contributed by atoms with Crippen LogP contribution in [0.25, 0.3) is 0 Å².